The van der Waals surface area contributed by atoms with Crippen molar-refractivity contribution in [1.29, 1.82) is 0 Å². The second-order valence-corrected chi connectivity index (χ2v) is 5.29. The molecule has 1 aromatic carbocycles. The molecule has 0 N–H and O–H groups in total. The highest BCUT2D eigenvalue weighted by Crippen LogP contribution is 2.19. The quantitative estimate of drug-likeness (QED) is 0.861. The van der Waals surface area contributed by atoms with Crippen LogP contribution >= 0.6 is 11.6 Å². The lowest BCUT2D eigenvalue weighted by Gasteiger charge is -2.27. The van der Waals surface area contributed by atoms with E-state index in [9.17, 15) is 0 Å². The van der Waals surface area contributed by atoms with E-state index >= 15 is 0 Å². The number of benzene rings is 1. The molecule has 1 aliphatic heterocycles. The van der Waals surface area contributed by atoms with E-state index in [1.807, 2.05) is 6.07 Å². The van der Waals surface area contributed by atoms with E-state index in [1.54, 1.807) is 0 Å². The minimum atomic E-state index is 0.489. The zero-order valence-electron chi connectivity index (χ0n) is 10.7. The summed E-state index contributed by atoms with van der Waals surface area (Å²) in [5, 5.41) is 8.56. The number of aromatic nitrogens is 2. The average Bonchev–Trinajstić information content (AvgIpc) is 2.46. The maximum Gasteiger partial charge on any atom is 0.152 e. The van der Waals surface area contributed by atoms with E-state index in [4.69, 9.17) is 11.6 Å². The smallest absolute Gasteiger partial charge is 0.152 e. The monoisotopic (exact) mass is 273 g/mol. The summed E-state index contributed by atoms with van der Waals surface area (Å²) in [5.74, 6) is 0. The van der Waals surface area contributed by atoms with Crippen molar-refractivity contribution in [1.82, 2.24) is 15.1 Å². The van der Waals surface area contributed by atoms with E-state index in [2.05, 4.69) is 45.4 Å². The standard InChI is InChI=1S/C15H16ClN3/c16-15-10-13-11-19(9-7-14(13)17-18-15)8-6-12-4-2-1-3-5-12/h1-5,10H,6-9,11H2. The van der Waals surface area contributed by atoms with Gasteiger partial charge in [-0.05, 0) is 23.6 Å². The zero-order chi connectivity index (χ0) is 13.1. The molecule has 0 spiro atoms. The van der Waals surface area contributed by atoms with E-state index < -0.39 is 0 Å². The largest absolute Gasteiger partial charge is 0.298 e. The molecule has 98 valence electrons. The minimum Gasteiger partial charge on any atom is -0.298 e. The molecular formula is C15H16ClN3. The fourth-order valence-corrected chi connectivity index (χ4v) is 2.65. The normalized spacial score (nSPS) is 15.2. The summed E-state index contributed by atoms with van der Waals surface area (Å²) in [6.07, 6.45) is 2.05. The van der Waals surface area contributed by atoms with Gasteiger partial charge in [0.25, 0.3) is 0 Å². The van der Waals surface area contributed by atoms with E-state index in [0.29, 0.717) is 5.15 Å². The fraction of sp³-hybridized carbons (Fsp3) is 0.333. The van der Waals surface area contributed by atoms with E-state index in [0.717, 1.165) is 38.2 Å². The predicted molar refractivity (Wildman–Crippen MR) is 76.2 cm³/mol. The molecule has 0 aliphatic carbocycles. The maximum absolute atomic E-state index is 5.91. The highest BCUT2D eigenvalue weighted by atomic mass is 35.5. The van der Waals surface area contributed by atoms with Gasteiger partial charge in [-0.15, -0.1) is 5.10 Å². The van der Waals surface area contributed by atoms with Gasteiger partial charge in [-0.25, -0.2) is 0 Å². The molecule has 19 heavy (non-hydrogen) atoms. The van der Waals surface area contributed by atoms with Crippen LogP contribution in [0.2, 0.25) is 5.15 Å². The molecule has 2 heterocycles. The Labute approximate surface area is 118 Å². The van der Waals surface area contributed by atoms with Gasteiger partial charge in [-0.3, -0.25) is 4.90 Å². The van der Waals surface area contributed by atoms with Crippen LogP contribution in [0.3, 0.4) is 0 Å². The summed E-state index contributed by atoms with van der Waals surface area (Å²) in [4.78, 5) is 2.45. The Morgan fingerprint density at radius 3 is 2.84 bits per heavy atom. The number of nitrogens with zero attached hydrogens (tertiary/aromatic N) is 3. The van der Waals surface area contributed by atoms with Crippen molar-refractivity contribution in [2.24, 2.45) is 0 Å². The maximum atomic E-state index is 5.91. The van der Waals surface area contributed by atoms with Crippen molar-refractivity contribution in [2.45, 2.75) is 19.4 Å². The predicted octanol–water partition coefficient (Wildman–Crippen LogP) is 2.73. The van der Waals surface area contributed by atoms with Crippen LogP contribution in [0.5, 0.6) is 0 Å². The first kappa shape index (κ1) is 12.6. The van der Waals surface area contributed by atoms with E-state index in [-0.39, 0.29) is 0 Å². The Balaban J connectivity index is 1.62. The number of halogens is 1. The first-order valence-corrected chi connectivity index (χ1v) is 6.96. The Hall–Kier alpha value is -1.45. The highest BCUT2D eigenvalue weighted by molar-refractivity contribution is 6.29. The van der Waals surface area contributed by atoms with E-state index in [1.165, 1.54) is 11.1 Å². The van der Waals surface area contributed by atoms with Crippen molar-refractivity contribution in [3.63, 3.8) is 0 Å². The Morgan fingerprint density at radius 2 is 2.00 bits per heavy atom. The van der Waals surface area contributed by atoms with Crippen LogP contribution < -0.4 is 0 Å². The molecule has 3 nitrogen and oxygen atoms in total. The summed E-state index contributed by atoms with van der Waals surface area (Å²) in [5.41, 5.74) is 3.71. The van der Waals surface area contributed by atoms with Crippen molar-refractivity contribution in [3.8, 4) is 0 Å². The second kappa shape index (κ2) is 5.68. The van der Waals surface area contributed by atoms with Gasteiger partial charge in [0.1, 0.15) is 0 Å². The average molecular weight is 274 g/mol. The van der Waals surface area contributed by atoms with Crippen LogP contribution in [0.15, 0.2) is 36.4 Å². The van der Waals surface area contributed by atoms with Crippen LogP contribution in [0.4, 0.5) is 0 Å². The molecule has 2 aromatic rings. The molecule has 0 amide bonds. The van der Waals surface area contributed by atoms with Crippen LogP contribution in [0, 0.1) is 0 Å². The molecule has 0 unspecified atom stereocenters. The summed E-state index contributed by atoms with van der Waals surface area (Å²) in [7, 11) is 0. The third-order valence-corrected chi connectivity index (χ3v) is 3.73. The lowest BCUT2D eigenvalue weighted by Crippen LogP contribution is -2.32. The summed E-state index contributed by atoms with van der Waals surface area (Å²) in [6.45, 7) is 3.05. The van der Waals surface area contributed by atoms with Gasteiger partial charge in [0.05, 0.1) is 5.69 Å². The van der Waals surface area contributed by atoms with Crippen LogP contribution in [0.1, 0.15) is 16.8 Å². The zero-order valence-corrected chi connectivity index (χ0v) is 11.5. The molecule has 0 radical (unpaired) electrons. The third kappa shape index (κ3) is 3.11. The molecule has 1 aliphatic rings. The highest BCUT2D eigenvalue weighted by Gasteiger charge is 2.17. The molecule has 0 fully saturated rings. The topological polar surface area (TPSA) is 29.0 Å². The van der Waals surface area contributed by atoms with Gasteiger partial charge < -0.3 is 0 Å². The molecular weight excluding hydrogens is 258 g/mol. The number of hydrogen-bond acceptors (Lipinski definition) is 3. The van der Waals surface area contributed by atoms with Crippen molar-refractivity contribution < 1.29 is 0 Å². The Morgan fingerprint density at radius 1 is 1.16 bits per heavy atom. The Bertz CT molecular complexity index is 557. The first-order valence-electron chi connectivity index (χ1n) is 6.58. The number of rotatable bonds is 3. The van der Waals surface area contributed by atoms with Gasteiger partial charge in [0.2, 0.25) is 0 Å². The van der Waals surface area contributed by atoms with Crippen LogP contribution in [0.25, 0.3) is 0 Å². The second-order valence-electron chi connectivity index (χ2n) is 4.90. The van der Waals surface area contributed by atoms with Gasteiger partial charge >= 0.3 is 0 Å². The lowest BCUT2D eigenvalue weighted by molar-refractivity contribution is 0.254. The van der Waals surface area contributed by atoms with Crippen molar-refractivity contribution >= 4 is 11.6 Å². The number of fused-ring (bicyclic) bond motifs is 1. The minimum absolute atomic E-state index is 0.489. The van der Waals surface area contributed by atoms with Crippen molar-refractivity contribution in [2.75, 3.05) is 13.1 Å². The van der Waals surface area contributed by atoms with Gasteiger partial charge in [0, 0.05) is 26.1 Å². The summed E-state index contributed by atoms with van der Waals surface area (Å²) < 4.78 is 0. The van der Waals surface area contributed by atoms with Gasteiger partial charge in [0.15, 0.2) is 5.15 Å². The Kier molecular flexibility index (Phi) is 3.76. The van der Waals surface area contributed by atoms with Crippen LogP contribution in [-0.2, 0) is 19.4 Å². The molecule has 1 aromatic heterocycles. The molecule has 3 rings (SSSR count). The SMILES string of the molecule is Clc1cc2c(nn1)CCN(CCc1ccccc1)C2. The molecule has 0 bridgehead atoms. The van der Waals surface area contributed by atoms with Gasteiger partial charge in [-0.1, -0.05) is 41.9 Å². The van der Waals surface area contributed by atoms with Gasteiger partial charge in [-0.2, -0.15) is 5.10 Å². The van der Waals surface area contributed by atoms with Crippen molar-refractivity contribution in [3.05, 3.63) is 58.4 Å². The molecule has 4 heteroatoms. The summed E-state index contributed by atoms with van der Waals surface area (Å²) >= 11 is 5.91. The third-order valence-electron chi connectivity index (χ3n) is 3.55. The molecule has 0 atom stereocenters. The summed E-state index contributed by atoms with van der Waals surface area (Å²) in [6, 6.07) is 12.5. The molecule has 0 saturated heterocycles. The lowest BCUT2D eigenvalue weighted by atomic mass is 10.1. The molecule has 0 saturated carbocycles. The van der Waals surface area contributed by atoms with Crippen LogP contribution in [-0.4, -0.2) is 28.2 Å². The first-order chi connectivity index (χ1) is 9.31. The number of hydrogen-bond donors (Lipinski definition) is 0. The fourth-order valence-electron chi connectivity index (χ4n) is 2.48.